The number of sulfonamides is 1. The summed E-state index contributed by atoms with van der Waals surface area (Å²) in [6, 6.07) is 1.56. The molecule has 1 aromatic heterocycles. The van der Waals surface area contributed by atoms with Gasteiger partial charge in [-0.3, -0.25) is 0 Å². The first-order valence-corrected chi connectivity index (χ1v) is 9.51. The van der Waals surface area contributed by atoms with Crippen molar-refractivity contribution in [3.63, 3.8) is 0 Å². The first-order chi connectivity index (χ1) is 9.40. The van der Waals surface area contributed by atoms with Crippen LogP contribution in [0.4, 0.5) is 0 Å². The molecule has 0 spiro atoms. The Balaban J connectivity index is 2.29. The summed E-state index contributed by atoms with van der Waals surface area (Å²) in [5, 5.41) is 0. The molecule has 2 heterocycles. The third kappa shape index (κ3) is 3.04. The van der Waals surface area contributed by atoms with Crippen molar-refractivity contribution in [3.05, 3.63) is 16.0 Å². The number of rotatable bonds is 4. The van der Waals surface area contributed by atoms with E-state index in [-0.39, 0.29) is 6.04 Å². The topological polar surface area (TPSA) is 63.4 Å². The number of aryl methyl sites for hydroxylation is 1. The molecule has 0 saturated carbocycles. The lowest BCUT2D eigenvalue weighted by Crippen LogP contribution is -2.49. The van der Waals surface area contributed by atoms with Crippen LogP contribution in [-0.4, -0.2) is 31.9 Å². The molecule has 2 atom stereocenters. The predicted octanol–water partition coefficient (Wildman–Crippen LogP) is 2.85. The van der Waals surface area contributed by atoms with E-state index >= 15 is 0 Å². The van der Waals surface area contributed by atoms with Crippen molar-refractivity contribution >= 4 is 33.0 Å². The van der Waals surface area contributed by atoms with Crippen molar-refractivity contribution in [2.24, 2.45) is 11.7 Å². The predicted molar refractivity (Wildman–Crippen MR) is 83.8 cm³/mol. The molecule has 1 saturated heterocycles. The molecule has 20 heavy (non-hydrogen) atoms. The molecular formula is C13H21ClN2O2S2. The minimum Gasteiger partial charge on any atom is -0.329 e. The number of hydrogen-bond acceptors (Lipinski definition) is 4. The normalized spacial score (nSPS) is 25.0. The fraction of sp³-hybridized carbons (Fsp3) is 0.692. The van der Waals surface area contributed by atoms with Crippen molar-refractivity contribution in [2.45, 2.75) is 43.4 Å². The minimum absolute atomic E-state index is 0.0973. The van der Waals surface area contributed by atoms with Crippen LogP contribution in [0, 0.1) is 12.8 Å². The van der Waals surface area contributed by atoms with Crippen molar-refractivity contribution in [2.75, 3.05) is 13.1 Å². The van der Waals surface area contributed by atoms with Gasteiger partial charge in [-0.2, -0.15) is 4.31 Å². The van der Waals surface area contributed by atoms with Crippen LogP contribution in [-0.2, 0) is 10.0 Å². The standard InChI is InChI=1S/C13H21ClN2O2S2/c1-3-10-4-5-16(11(7-10)8-15)20(17,18)12-6-9(2)13(14)19-12/h6,10-11H,3-5,7-8,15H2,1-2H3. The highest BCUT2D eigenvalue weighted by molar-refractivity contribution is 7.91. The van der Waals surface area contributed by atoms with E-state index in [0.717, 1.165) is 36.2 Å². The van der Waals surface area contributed by atoms with Gasteiger partial charge in [0, 0.05) is 19.1 Å². The molecule has 114 valence electrons. The quantitative estimate of drug-likeness (QED) is 0.919. The number of thiophene rings is 1. The summed E-state index contributed by atoms with van der Waals surface area (Å²) in [7, 11) is -3.47. The Bertz CT molecular complexity index is 551. The molecule has 1 fully saturated rings. The molecule has 0 radical (unpaired) electrons. The highest BCUT2D eigenvalue weighted by atomic mass is 35.5. The molecule has 4 nitrogen and oxygen atoms in total. The highest BCUT2D eigenvalue weighted by Gasteiger charge is 2.36. The fourth-order valence-electron chi connectivity index (χ4n) is 2.69. The summed E-state index contributed by atoms with van der Waals surface area (Å²) in [6.45, 7) is 4.89. The fourth-order valence-corrected chi connectivity index (χ4v) is 6.19. The summed E-state index contributed by atoms with van der Waals surface area (Å²) in [5.41, 5.74) is 6.60. The molecule has 1 aromatic rings. The number of nitrogens with two attached hydrogens (primary N) is 1. The van der Waals surface area contributed by atoms with Gasteiger partial charge in [-0.1, -0.05) is 24.9 Å². The minimum atomic E-state index is -3.47. The molecular weight excluding hydrogens is 316 g/mol. The van der Waals surface area contributed by atoms with Gasteiger partial charge in [0.2, 0.25) is 0 Å². The van der Waals surface area contributed by atoms with Gasteiger partial charge in [-0.05, 0) is 37.3 Å². The maximum Gasteiger partial charge on any atom is 0.252 e. The lowest BCUT2D eigenvalue weighted by atomic mass is 9.90. The molecule has 0 amide bonds. The second-order valence-electron chi connectivity index (χ2n) is 5.33. The Kier molecular flexibility index (Phi) is 5.13. The van der Waals surface area contributed by atoms with Crippen molar-refractivity contribution < 1.29 is 8.42 Å². The molecule has 2 rings (SSSR count). The first-order valence-electron chi connectivity index (χ1n) is 6.88. The van der Waals surface area contributed by atoms with Gasteiger partial charge in [0.25, 0.3) is 10.0 Å². The highest BCUT2D eigenvalue weighted by Crippen LogP contribution is 2.35. The van der Waals surface area contributed by atoms with Gasteiger partial charge < -0.3 is 5.73 Å². The third-order valence-electron chi connectivity index (χ3n) is 4.02. The van der Waals surface area contributed by atoms with E-state index in [1.807, 2.05) is 6.92 Å². The maximum atomic E-state index is 12.7. The monoisotopic (exact) mass is 336 g/mol. The van der Waals surface area contributed by atoms with Crippen molar-refractivity contribution in [1.82, 2.24) is 4.31 Å². The Morgan fingerprint density at radius 3 is 2.75 bits per heavy atom. The Morgan fingerprint density at radius 2 is 2.25 bits per heavy atom. The van der Waals surface area contributed by atoms with Crippen molar-refractivity contribution in [3.8, 4) is 0 Å². The molecule has 2 unspecified atom stereocenters. The van der Waals surface area contributed by atoms with E-state index in [9.17, 15) is 8.42 Å². The molecule has 0 aliphatic carbocycles. The second kappa shape index (κ2) is 6.32. The summed E-state index contributed by atoms with van der Waals surface area (Å²) in [6.07, 6.45) is 2.84. The second-order valence-corrected chi connectivity index (χ2v) is 9.10. The van der Waals surface area contributed by atoms with Crippen LogP contribution in [0.3, 0.4) is 0 Å². The van der Waals surface area contributed by atoms with Gasteiger partial charge >= 0.3 is 0 Å². The zero-order valence-electron chi connectivity index (χ0n) is 11.8. The average molecular weight is 337 g/mol. The van der Waals surface area contributed by atoms with E-state index in [4.69, 9.17) is 17.3 Å². The van der Waals surface area contributed by atoms with Gasteiger partial charge in [-0.15, -0.1) is 11.3 Å². The van der Waals surface area contributed by atoms with Crippen LogP contribution in [0.2, 0.25) is 4.34 Å². The molecule has 1 aliphatic rings. The number of halogens is 1. The van der Waals surface area contributed by atoms with E-state index < -0.39 is 10.0 Å². The van der Waals surface area contributed by atoms with Crippen molar-refractivity contribution in [1.29, 1.82) is 0 Å². The van der Waals surface area contributed by atoms with Crippen LogP contribution < -0.4 is 5.73 Å². The first kappa shape index (κ1) is 16.2. The Hall–Kier alpha value is -0.140. The zero-order valence-corrected chi connectivity index (χ0v) is 14.2. The molecule has 0 aromatic carbocycles. The maximum absolute atomic E-state index is 12.7. The summed E-state index contributed by atoms with van der Waals surface area (Å²) >= 11 is 7.13. The van der Waals surface area contributed by atoms with Crippen LogP contribution in [0.25, 0.3) is 0 Å². The summed E-state index contributed by atoms with van der Waals surface area (Å²) in [5.74, 6) is 0.573. The molecule has 0 bridgehead atoms. The lowest BCUT2D eigenvalue weighted by Gasteiger charge is -2.37. The van der Waals surface area contributed by atoms with E-state index in [1.165, 1.54) is 0 Å². The van der Waals surface area contributed by atoms with Gasteiger partial charge in [0.15, 0.2) is 0 Å². The smallest absolute Gasteiger partial charge is 0.252 e. The largest absolute Gasteiger partial charge is 0.329 e. The number of hydrogen-bond donors (Lipinski definition) is 1. The van der Waals surface area contributed by atoms with E-state index in [2.05, 4.69) is 6.92 Å². The lowest BCUT2D eigenvalue weighted by molar-refractivity contribution is 0.198. The molecule has 2 N–H and O–H groups in total. The Morgan fingerprint density at radius 1 is 1.55 bits per heavy atom. The molecule has 7 heteroatoms. The van der Waals surface area contributed by atoms with Gasteiger partial charge in [-0.25, -0.2) is 8.42 Å². The van der Waals surface area contributed by atoms with Gasteiger partial charge in [0.1, 0.15) is 4.21 Å². The zero-order chi connectivity index (χ0) is 14.9. The number of piperidine rings is 1. The van der Waals surface area contributed by atoms with Crippen LogP contribution in [0.15, 0.2) is 10.3 Å². The third-order valence-corrected chi connectivity index (χ3v) is 7.97. The average Bonchev–Trinajstić information content (AvgIpc) is 2.78. The SMILES string of the molecule is CCC1CCN(S(=O)(=O)c2cc(C)c(Cl)s2)C(CN)C1. The summed E-state index contributed by atoms with van der Waals surface area (Å²) < 4.78 is 27.9. The van der Waals surface area contributed by atoms with E-state index in [1.54, 1.807) is 10.4 Å². The number of nitrogens with zero attached hydrogens (tertiary/aromatic N) is 1. The van der Waals surface area contributed by atoms with Gasteiger partial charge in [0.05, 0.1) is 4.34 Å². The van der Waals surface area contributed by atoms with Crippen LogP contribution in [0.1, 0.15) is 31.7 Å². The van der Waals surface area contributed by atoms with Crippen LogP contribution >= 0.6 is 22.9 Å². The van der Waals surface area contributed by atoms with E-state index in [0.29, 0.717) is 27.6 Å². The molecule has 1 aliphatic heterocycles. The Labute approximate surface area is 130 Å². The summed E-state index contributed by atoms with van der Waals surface area (Å²) in [4.78, 5) is 0. The van der Waals surface area contributed by atoms with Crippen LogP contribution in [0.5, 0.6) is 0 Å².